The summed E-state index contributed by atoms with van der Waals surface area (Å²) in [4.78, 5) is 41.6. The third-order valence-corrected chi connectivity index (χ3v) is 6.09. The van der Waals surface area contributed by atoms with Crippen LogP contribution in [-0.2, 0) is 6.54 Å². The van der Waals surface area contributed by atoms with E-state index in [9.17, 15) is 14.4 Å². The zero-order valence-corrected chi connectivity index (χ0v) is 17.3. The summed E-state index contributed by atoms with van der Waals surface area (Å²) in [7, 11) is 2.14. The summed E-state index contributed by atoms with van der Waals surface area (Å²) < 4.78 is 0. The van der Waals surface area contributed by atoms with E-state index in [-0.39, 0.29) is 24.3 Å². The van der Waals surface area contributed by atoms with Crippen molar-refractivity contribution in [2.24, 2.45) is 5.92 Å². The van der Waals surface area contributed by atoms with Gasteiger partial charge in [-0.05, 0) is 69.1 Å². The van der Waals surface area contributed by atoms with Crippen LogP contribution < -0.4 is 5.32 Å². The number of likely N-dealkylation sites (tertiary alicyclic amines) is 1. The molecule has 0 aliphatic carbocycles. The minimum Gasteiger partial charge on any atom is -0.352 e. The van der Waals surface area contributed by atoms with Crippen LogP contribution in [-0.4, -0.2) is 54.2 Å². The predicted octanol–water partition coefficient (Wildman–Crippen LogP) is 2.94. The average molecular weight is 405 g/mol. The first kappa shape index (κ1) is 20.3. The van der Waals surface area contributed by atoms with Crippen LogP contribution in [0.2, 0.25) is 0 Å². The number of rotatable bonds is 6. The maximum absolute atomic E-state index is 12.8. The SMILES string of the molecule is CN1CCC(CCNC(=O)c2ccc3c(c2)C(=O)N(Cc2ccccc2)C3=O)CC1. The van der Waals surface area contributed by atoms with E-state index in [2.05, 4.69) is 17.3 Å². The second kappa shape index (κ2) is 8.79. The summed E-state index contributed by atoms with van der Waals surface area (Å²) in [6.07, 6.45) is 3.30. The van der Waals surface area contributed by atoms with Gasteiger partial charge in [0.1, 0.15) is 0 Å². The van der Waals surface area contributed by atoms with Crippen LogP contribution in [0.15, 0.2) is 48.5 Å². The lowest BCUT2D eigenvalue weighted by molar-refractivity contribution is 0.0642. The molecule has 2 aromatic carbocycles. The van der Waals surface area contributed by atoms with Crippen LogP contribution >= 0.6 is 0 Å². The van der Waals surface area contributed by atoms with E-state index in [4.69, 9.17) is 0 Å². The highest BCUT2D eigenvalue weighted by Crippen LogP contribution is 2.26. The fourth-order valence-electron chi connectivity index (χ4n) is 4.18. The Morgan fingerprint density at radius 1 is 1.00 bits per heavy atom. The van der Waals surface area contributed by atoms with Gasteiger partial charge in [0, 0.05) is 12.1 Å². The third kappa shape index (κ3) is 4.28. The minimum atomic E-state index is -0.347. The number of carbonyl (C=O) groups excluding carboxylic acids is 3. The van der Waals surface area contributed by atoms with E-state index in [1.807, 2.05) is 30.3 Å². The van der Waals surface area contributed by atoms with Gasteiger partial charge in [0.25, 0.3) is 17.7 Å². The number of imide groups is 1. The first-order valence-electron chi connectivity index (χ1n) is 10.5. The summed E-state index contributed by atoms with van der Waals surface area (Å²) >= 11 is 0. The second-order valence-electron chi connectivity index (χ2n) is 8.23. The number of fused-ring (bicyclic) bond motifs is 1. The molecule has 0 radical (unpaired) electrons. The van der Waals surface area contributed by atoms with E-state index >= 15 is 0 Å². The number of carbonyl (C=O) groups is 3. The zero-order chi connectivity index (χ0) is 21.1. The molecule has 0 atom stereocenters. The van der Waals surface area contributed by atoms with Gasteiger partial charge in [-0.15, -0.1) is 0 Å². The largest absolute Gasteiger partial charge is 0.352 e. The highest BCUT2D eigenvalue weighted by molar-refractivity contribution is 6.22. The Balaban J connectivity index is 1.38. The highest BCUT2D eigenvalue weighted by atomic mass is 16.2. The van der Waals surface area contributed by atoms with Crippen molar-refractivity contribution < 1.29 is 14.4 Å². The second-order valence-corrected chi connectivity index (χ2v) is 8.23. The van der Waals surface area contributed by atoms with Crippen molar-refractivity contribution in [3.05, 3.63) is 70.8 Å². The molecule has 0 saturated carbocycles. The zero-order valence-electron chi connectivity index (χ0n) is 17.3. The number of piperidine rings is 1. The maximum atomic E-state index is 12.8. The van der Waals surface area contributed by atoms with Crippen molar-refractivity contribution >= 4 is 17.7 Å². The third-order valence-electron chi connectivity index (χ3n) is 6.09. The Morgan fingerprint density at radius 3 is 2.43 bits per heavy atom. The van der Waals surface area contributed by atoms with E-state index in [1.54, 1.807) is 18.2 Å². The number of nitrogens with one attached hydrogen (secondary N) is 1. The summed E-state index contributed by atoms with van der Waals surface area (Å²) in [5, 5.41) is 2.96. The van der Waals surface area contributed by atoms with Gasteiger partial charge in [-0.1, -0.05) is 30.3 Å². The van der Waals surface area contributed by atoms with Gasteiger partial charge >= 0.3 is 0 Å². The van der Waals surface area contributed by atoms with Crippen molar-refractivity contribution in [3.63, 3.8) is 0 Å². The molecule has 4 rings (SSSR count). The molecule has 30 heavy (non-hydrogen) atoms. The first-order valence-corrected chi connectivity index (χ1v) is 10.5. The summed E-state index contributed by atoms with van der Waals surface area (Å²) in [5.41, 5.74) is 1.97. The molecule has 2 aliphatic rings. The van der Waals surface area contributed by atoms with Crippen molar-refractivity contribution in [3.8, 4) is 0 Å². The molecule has 2 aliphatic heterocycles. The van der Waals surface area contributed by atoms with Crippen LogP contribution in [0, 0.1) is 5.92 Å². The molecule has 2 aromatic rings. The lowest BCUT2D eigenvalue weighted by Crippen LogP contribution is -2.32. The van der Waals surface area contributed by atoms with Gasteiger partial charge in [-0.2, -0.15) is 0 Å². The van der Waals surface area contributed by atoms with Crippen LogP contribution in [0.3, 0.4) is 0 Å². The normalized spacial score (nSPS) is 17.3. The van der Waals surface area contributed by atoms with Gasteiger partial charge in [-0.3, -0.25) is 19.3 Å². The van der Waals surface area contributed by atoms with E-state index in [0.717, 1.165) is 25.1 Å². The van der Waals surface area contributed by atoms with Gasteiger partial charge in [-0.25, -0.2) is 0 Å². The van der Waals surface area contributed by atoms with Gasteiger partial charge < -0.3 is 10.2 Å². The number of hydrogen-bond acceptors (Lipinski definition) is 4. The Kier molecular flexibility index (Phi) is 5.95. The van der Waals surface area contributed by atoms with E-state index in [1.165, 1.54) is 17.7 Å². The van der Waals surface area contributed by atoms with Crippen molar-refractivity contribution in [2.45, 2.75) is 25.8 Å². The van der Waals surface area contributed by atoms with E-state index < -0.39 is 0 Å². The first-order chi connectivity index (χ1) is 14.5. The lowest BCUT2D eigenvalue weighted by Gasteiger charge is -2.28. The van der Waals surface area contributed by atoms with Crippen molar-refractivity contribution in [1.29, 1.82) is 0 Å². The fourth-order valence-corrected chi connectivity index (χ4v) is 4.18. The van der Waals surface area contributed by atoms with Gasteiger partial charge in [0.2, 0.25) is 0 Å². The molecule has 1 fully saturated rings. The van der Waals surface area contributed by atoms with Crippen LogP contribution in [0.1, 0.15) is 55.9 Å². The minimum absolute atomic E-state index is 0.201. The molecule has 1 saturated heterocycles. The molecule has 6 nitrogen and oxygen atoms in total. The molecule has 1 N–H and O–H groups in total. The molecule has 3 amide bonds. The Labute approximate surface area is 176 Å². The topological polar surface area (TPSA) is 69.7 Å². The molecule has 0 bridgehead atoms. The Hall–Kier alpha value is -2.99. The predicted molar refractivity (Wildman–Crippen MR) is 114 cm³/mol. The molecule has 2 heterocycles. The highest BCUT2D eigenvalue weighted by Gasteiger charge is 2.36. The molecular weight excluding hydrogens is 378 g/mol. The molecule has 156 valence electrons. The quantitative estimate of drug-likeness (QED) is 0.751. The van der Waals surface area contributed by atoms with Crippen LogP contribution in [0.5, 0.6) is 0 Å². The smallest absolute Gasteiger partial charge is 0.261 e. The number of amides is 3. The molecule has 0 unspecified atom stereocenters. The van der Waals surface area contributed by atoms with Crippen molar-refractivity contribution in [2.75, 3.05) is 26.7 Å². The molecule has 0 aromatic heterocycles. The average Bonchev–Trinajstić information content (AvgIpc) is 3.00. The lowest BCUT2D eigenvalue weighted by atomic mass is 9.94. The molecular formula is C24H27N3O3. The van der Waals surface area contributed by atoms with Crippen LogP contribution in [0.25, 0.3) is 0 Å². The summed E-state index contributed by atoms with van der Waals surface area (Å²) in [5.74, 6) is -0.215. The number of nitrogens with zero attached hydrogens (tertiary/aromatic N) is 2. The van der Waals surface area contributed by atoms with E-state index in [0.29, 0.717) is 29.2 Å². The molecule has 0 spiro atoms. The van der Waals surface area contributed by atoms with Crippen molar-refractivity contribution in [1.82, 2.24) is 15.1 Å². The van der Waals surface area contributed by atoms with Gasteiger partial charge in [0.15, 0.2) is 0 Å². The van der Waals surface area contributed by atoms with Crippen LogP contribution in [0.4, 0.5) is 0 Å². The van der Waals surface area contributed by atoms with Gasteiger partial charge in [0.05, 0.1) is 17.7 Å². The Bertz CT molecular complexity index is 949. The monoisotopic (exact) mass is 405 g/mol. The maximum Gasteiger partial charge on any atom is 0.261 e. The fraction of sp³-hybridized carbons (Fsp3) is 0.375. The molecule has 6 heteroatoms. The Morgan fingerprint density at radius 2 is 1.70 bits per heavy atom. The summed E-state index contributed by atoms with van der Waals surface area (Å²) in [6, 6.07) is 14.2. The number of benzene rings is 2. The standard InChI is InChI=1S/C24H27N3O3/c1-26-13-10-17(11-14-26)9-12-25-22(28)19-7-8-20-21(15-19)24(30)27(23(20)29)16-18-5-3-2-4-6-18/h2-8,15,17H,9-14,16H2,1H3,(H,25,28). The number of hydrogen-bond donors (Lipinski definition) is 1. The summed E-state index contributed by atoms with van der Waals surface area (Å²) in [6.45, 7) is 3.07.